The third-order valence-electron chi connectivity index (χ3n) is 3.24. The van der Waals surface area contributed by atoms with Gasteiger partial charge in [-0.15, -0.1) is 0 Å². The summed E-state index contributed by atoms with van der Waals surface area (Å²) in [5, 5.41) is 19.8. The summed E-state index contributed by atoms with van der Waals surface area (Å²) in [7, 11) is -4.05. The van der Waals surface area contributed by atoms with Crippen LogP contribution in [0.25, 0.3) is 0 Å². The molecule has 7 nitrogen and oxygen atoms in total. The number of halogens is 1. The Kier molecular flexibility index (Phi) is 3.53. The first-order valence-corrected chi connectivity index (χ1v) is 7.28. The SMILES string of the molecule is Cc1cc(F)c([N+](=O)[O-])cc1S(=O)(=O)NC1(CO)CC1. The highest BCUT2D eigenvalue weighted by atomic mass is 32.2. The van der Waals surface area contributed by atoms with Crippen molar-refractivity contribution in [3.05, 3.63) is 33.6 Å². The van der Waals surface area contributed by atoms with Crippen molar-refractivity contribution < 1.29 is 22.8 Å². The van der Waals surface area contributed by atoms with Crippen LogP contribution in [-0.2, 0) is 10.0 Å². The molecule has 0 spiro atoms. The van der Waals surface area contributed by atoms with Crippen molar-refractivity contribution in [2.75, 3.05) is 6.61 Å². The molecule has 2 N–H and O–H groups in total. The van der Waals surface area contributed by atoms with Gasteiger partial charge in [0.2, 0.25) is 15.8 Å². The Hall–Kier alpha value is -1.58. The number of aliphatic hydroxyl groups excluding tert-OH is 1. The zero-order chi connectivity index (χ0) is 15.1. The quantitative estimate of drug-likeness (QED) is 0.619. The van der Waals surface area contributed by atoms with E-state index in [1.54, 1.807) is 0 Å². The van der Waals surface area contributed by atoms with E-state index in [-0.39, 0.29) is 17.1 Å². The Balaban J connectivity index is 2.46. The van der Waals surface area contributed by atoms with Gasteiger partial charge in [0.05, 0.1) is 22.0 Å². The zero-order valence-electron chi connectivity index (χ0n) is 10.6. The zero-order valence-corrected chi connectivity index (χ0v) is 11.4. The summed E-state index contributed by atoms with van der Waals surface area (Å²) in [6.45, 7) is 0.994. The predicted octanol–water partition coefficient (Wildman–Crippen LogP) is 0.846. The topological polar surface area (TPSA) is 110 Å². The van der Waals surface area contributed by atoms with Gasteiger partial charge in [0.25, 0.3) is 0 Å². The molecule has 1 aromatic carbocycles. The number of nitrogens with zero attached hydrogens (tertiary/aromatic N) is 1. The number of hydrogen-bond acceptors (Lipinski definition) is 5. The molecule has 1 saturated carbocycles. The van der Waals surface area contributed by atoms with Gasteiger partial charge in [-0.1, -0.05) is 0 Å². The van der Waals surface area contributed by atoms with Crippen LogP contribution in [0.15, 0.2) is 17.0 Å². The average Bonchev–Trinajstić information content (AvgIpc) is 3.07. The van der Waals surface area contributed by atoms with E-state index in [0.717, 1.165) is 6.07 Å². The van der Waals surface area contributed by atoms with Gasteiger partial charge in [0.1, 0.15) is 0 Å². The van der Waals surface area contributed by atoms with Crippen molar-refractivity contribution >= 4 is 15.7 Å². The van der Waals surface area contributed by atoms with Crippen LogP contribution in [0.4, 0.5) is 10.1 Å². The van der Waals surface area contributed by atoms with E-state index in [9.17, 15) is 22.9 Å². The van der Waals surface area contributed by atoms with Gasteiger partial charge in [-0.3, -0.25) is 10.1 Å². The lowest BCUT2D eigenvalue weighted by Crippen LogP contribution is -2.39. The van der Waals surface area contributed by atoms with E-state index < -0.39 is 32.0 Å². The minimum atomic E-state index is -4.05. The lowest BCUT2D eigenvalue weighted by atomic mass is 10.2. The van der Waals surface area contributed by atoms with Crippen molar-refractivity contribution in [3.63, 3.8) is 0 Å². The third-order valence-corrected chi connectivity index (χ3v) is 4.96. The fourth-order valence-electron chi connectivity index (χ4n) is 1.85. The Labute approximate surface area is 114 Å². The molecule has 0 radical (unpaired) electrons. The van der Waals surface area contributed by atoms with Crippen LogP contribution in [0.2, 0.25) is 0 Å². The second-order valence-electron chi connectivity index (χ2n) is 4.87. The molecule has 2 rings (SSSR count). The van der Waals surface area contributed by atoms with Crippen molar-refractivity contribution in [3.8, 4) is 0 Å². The van der Waals surface area contributed by atoms with Crippen LogP contribution >= 0.6 is 0 Å². The minimum Gasteiger partial charge on any atom is -0.394 e. The van der Waals surface area contributed by atoms with Crippen LogP contribution in [0, 0.1) is 22.9 Å². The molecule has 0 amide bonds. The largest absolute Gasteiger partial charge is 0.394 e. The van der Waals surface area contributed by atoms with Crippen LogP contribution in [0.1, 0.15) is 18.4 Å². The number of aryl methyl sites for hydroxylation is 1. The van der Waals surface area contributed by atoms with Gasteiger partial charge in [-0.05, 0) is 31.4 Å². The number of nitro benzene ring substituents is 1. The average molecular weight is 304 g/mol. The van der Waals surface area contributed by atoms with E-state index >= 15 is 0 Å². The third kappa shape index (κ3) is 2.65. The highest BCUT2D eigenvalue weighted by Crippen LogP contribution is 2.37. The predicted molar refractivity (Wildman–Crippen MR) is 67.2 cm³/mol. The highest BCUT2D eigenvalue weighted by Gasteiger charge is 2.46. The number of nitro groups is 1. The second kappa shape index (κ2) is 4.76. The van der Waals surface area contributed by atoms with Gasteiger partial charge in [0, 0.05) is 6.07 Å². The fourth-order valence-corrected chi connectivity index (χ4v) is 3.55. The van der Waals surface area contributed by atoms with E-state index in [1.807, 2.05) is 0 Å². The van der Waals surface area contributed by atoms with Crippen molar-refractivity contribution in [1.82, 2.24) is 4.72 Å². The standard InChI is InChI=1S/C11H13FN2O5S/c1-7-4-8(12)9(14(16)17)5-10(7)20(18,19)13-11(6-15)2-3-11/h4-5,13,15H,2-3,6H2,1H3. The Bertz CT molecular complexity index is 670. The molecule has 0 atom stereocenters. The molecule has 0 saturated heterocycles. The Morgan fingerprint density at radius 1 is 1.50 bits per heavy atom. The smallest absolute Gasteiger partial charge is 0.306 e. The Morgan fingerprint density at radius 3 is 2.55 bits per heavy atom. The maximum atomic E-state index is 13.4. The van der Waals surface area contributed by atoms with E-state index in [4.69, 9.17) is 5.11 Å². The normalized spacial score (nSPS) is 16.9. The number of aliphatic hydroxyl groups is 1. The number of hydrogen-bond donors (Lipinski definition) is 2. The van der Waals surface area contributed by atoms with E-state index in [1.165, 1.54) is 6.92 Å². The van der Waals surface area contributed by atoms with E-state index in [0.29, 0.717) is 18.9 Å². The monoisotopic (exact) mass is 304 g/mol. The summed E-state index contributed by atoms with van der Waals surface area (Å²) in [4.78, 5) is 9.34. The van der Waals surface area contributed by atoms with Gasteiger partial charge in [-0.2, -0.15) is 4.39 Å². The minimum absolute atomic E-state index is 0.0642. The van der Waals surface area contributed by atoms with Gasteiger partial charge in [0.15, 0.2) is 0 Å². The first kappa shape index (κ1) is 14.8. The van der Waals surface area contributed by atoms with Crippen LogP contribution in [0.5, 0.6) is 0 Å². The number of sulfonamides is 1. The molecule has 1 aliphatic carbocycles. The summed E-state index contributed by atoms with van der Waals surface area (Å²) < 4.78 is 40.1. The van der Waals surface area contributed by atoms with Crippen LogP contribution in [0.3, 0.4) is 0 Å². The molecule has 0 unspecified atom stereocenters. The number of benzene rings is 1. The van der Waals surface area contributed by atoms with Crippen LogP contribution in [-0.4, -0.2) is 30.6 Å². The van der Waals surface area contributed by atoms with Crippen molar-refractivity contribution in [2.45, 2.75) is 30.2 Å². The Morgan fingerprint density at radius 2 is 2.10 bits per heavy atom. The van der Waals surface area contributed by atoms with Gasteiger partial charge < -0.3 is 5.11 Å². The number of nitrogens with one attached hydrogen (secondary N) is 1. The molecular weight excluding hydrogens is 291 g/mol. The first-order chi connectivity index (χ1) is 9.21. The maximum Gasteiger partial charge on any atom is 0.306 e. The molecule has 0 bridgehead atoms. The molecule has 110 valence electrons. The molecule has 0 aliphatic heterocycles. The summed E-state index contributed by atoms with van der Waals surface area (Å²) >= 11 is 0. The lowest BCUT2D eigenvalue weighted by Gasteiger charge is -2.15. The fraction of sp³-hybridized carbons (Fsp3) is 0.455. The molecule has 1 aliphatic rings. The molecule has 0 aromatic heterocycles. The summed E-state index contributed by atoms with van der Waals surface area (Å²) in [5.74, 6) is -1.09. The van der Waals surface area contributed by atoms with Gasteiger partial charge in [-0.25, -0.2) is 13.1 Å². The summed E-state index contributed by atoms with van der Waals surface area (Å²) in [5.41, 5.74) is -1.73. The van der Waals surface area contributed by atoms with Crippen molar-refractivity contribution in [1.29, 1.82) is 0 Å². The molecule has 1 fully saturated rings. The second-order valence-corrected chi connectivity index (χ2v) is 6.52. The van der Waals surface area contributed by atoms with Crippen LogP contribution < -0.4 is 4.72 Å². The molecule has 0 heterocycles. The summed E-state index contributed by atoms with van der Waals surface area (Å²) in [6, 6.07) is 1.51. The lowest BCUT2D eigenvalue weighted by molar-refractivity contribution is -0.387. The molecule has 20 heavy (non-hydrogen) atoms. The molecule has 1 aromatic rings. The summed E-state index contributed by atoms with van der Waals surface area (Å²) in [6.07, 6.45) is 0.982. The number of rotatable bonds is 5. The molecular formula is C11H13FN2O5S. The van der Waals surface area contributed by atoms with E-state index in [2.05, 4.69) is 4.72 Å². The van der Waals surface area contributed by atoms with Crippen molar-refractivity contribution in [2.24, 2.45) is 0 Å². The molecule has 9 heteroatoms. The first-order valence-electron chi connectivity index (χ1n) is 5.80. The van der Waals surface area contributed by atoms with Gasteiger partial charge >= 0.3 is 5.69 Å². The maximum absolute atomic E-state index is 13.4. The highest BCUT2D eigenvalue weighted by molar-refractivity contribution is 7.89.